The molecule has 21 heavy (non-hydrogen) atoms. The fourth-order valence-electron chi connectivity index (χ4n) is 2.11. The van der Waals surface area contributed by atoms with Gasteiger partial charge in [0, 0.05) is 36.0 Å². The van der Waals surface area contributed by atoms with E-state index in [1.165, 1.54) is 6.07 Å². The Bertz CT molecular complexity index is 595. The number of benzene rings is 1. The number of hydrogen-bond acceptors (Lipinski definition) is 3. The molecule has 0 aliphatic rings. The van der Waals surface area contributed by atoms with Crippen molar-refractivity contribution in [3.8, 4) is 0 Å². The van der Waals surface area contributed by atoms with E-state index in [1.54, 1.807) is 12.1 Å². The lowest BCUT2D eigenvalue weighted by Crippen LogP contribution is -2.18. The summed E-state index contributed by atoms with van der Waals surface area (Å²) in [6, 6.07) is 5.30. The summed E-state index contributed by atoms with van der Waals surface area (Å²) in [5, 5.41) is 16.8. The summed E-state index contributed by atoms with van der Waals surface area (Å²) in [5.41, 5.74) is 2.39. The van der Waals surface area contributed by atoms with Gasteiger partial charge in [-0.3, -0.25) is 4.68 Å². The molecule has 0 bridgehead atoms. The van der Waals surface area contributed by atoms with Crippen LogP contribution in [0.1, 0.15) is 49.5 Å². The van der Waals surface area contributed by atoms with E-state index in [9.17, 15) is 4.39 Å². The van der Waals surface area contributed by atoms with Crippen LogP contribution in [-0.4, -0.2) is 14.9 Å². The van der Waals surface area contributed by atoms with E-state index in [4.69, 9.17) is 5.11 Å². The third kappa shape index (κ3) is 3.89. The standard InChI is InChI=1S/C16H22FN3O/c1-11(2)20-9-15(8-19-20)12(3)18-7-13-4-5-16(17)14(6-13)10-21/h4-6,8-9,11-12,18,21H,7,10H2,1-3H3/t12-/m0/s1. The molecular formula is C16H22FN3O. The summed E-state index contributed by atoms with van der Waals surface area (Å²) in [4.78, 5) is 0. The van der Waals surface area contributed by atoms with Crippen molar-refractivity contribution in [3.63, 3.8) is 0 Å². The number of halogens is 1. The molecule has 2 aromatic rings. The molecule has 0 saturated carbocycles. The summed E-state index contributed by atoms with van der Waals surface area (Å²) >= 11 is 0. The third-order valence-corrected chi connectivity index (χ3v) is 3.54. The Morgan fingerprint density at radius 2 is 2.10 bits per heavy atom. The zero-order valence-corrected chi connectivity index (χ0v) is 12.7. The Kier molecular flexibility index (Phi) is 5.09. The quantitative estimate of drug-likeness (QED) is 0.860. The number of aliphatic hydroxyl groups is 1. The van der Waals surface area contributed by atoms with Crippen molar-refractivity contribution in [1.29, 1.82) is 0 Å². The molecule has 5 heteroatoms. The van der Waals surface area contributed by atoms with Crippen LogP contribution in [0.25, 0.3) is 0 Å². The molecule has 0 aliphatic carbocycles. The van der Waals surface area contributed by atoms with Gasteiger partial charge in [-0.15, -0.1) is 0 Å². The van der Waals surface area contributed by atoms with Crippen molar-refractivity contribution >= 4 is 0 Å². The predicted octanol–water partition coefficient (Wildman–Crippen LogP) is 2.95. The maximum Gasteiger partial charge on any atom is 0.128 e. The van der Waals surface area contributed by atoms with E-state index >= 15 is 0 Å². The Labute approximate surface area is 124 Å². The average Bonchev–Trinajstić information content (AvgIpc) is 2.96. The van der Waals surface area contributed by atoms with Gasteiger partial charge in [0.2, 0.25) is 0 Å². The zero-order valence-electron chi connectivity index (χ0n) is 12.7. The molecule has 2 rings (SSSR count). The van der Waals surface area contributed by atoms with E-state index in [0.717, 1.165) is 11.1 Å². The topological polar surface area (TPSA) is 50.1 Å². The number of nitrogens with zero attached hydrogens (tertiary/aromatic N) is 2. The van der Waals surface area contributed by atoms with Crippen LogP contribution < -0.4 is 5.32 Å². The van der Waals surface area contributed by atoms with Crippen LogP contribution >= 0.6 is 0 Å². The highest BCUT2D eigenvalue weighted by Crippen LogP contribution is 2.15. The van der Waals surface area contributed by atoms with Crippen LogP contribution in [0.4, 0.5) is 4.39 Å². The van der Waals surface area contributed by atoms with Crippen LogP contribution in [-0.2, 0) is 13.2 Å². The Hall–Kier alpha value is -1.72. The Morgan fingerprint density at radius 1 is 1.33 bits per heavy atom. The van der Waals surface area contributed by atoms with Crippen molar-refractivity contribution < 1.29 is 9.50 Å². The minimum Gasteiger partial charge on any atom is -0.392 e. The molecule has 0 fully saturated rings. The molecule has 1 aromatic heterocycles. The summed E-state index contributed by atoms with van der Waals surface area (Å²) in [6.45, 7) is 6.57. The number of hydrogen-bond donors (Lipinski definition) is 2. The second-order valence-corrected chi connectivity index (χ2v) is 5.53. The smallest absolute Gasteiger partial charge is 0.128 e. The summed E-state index contributed by atoms with van der Waals surface area (Å²) in [6.07, 6.45) is 3.90. The first-order chi connectivity index (χ1) is 10.0. The number of rotatable bonds is 6. The number of nitrogens with one attached hydrogen (secondary N) is 1. The van der Waals surface area contributed by atoms with Gasteiger partial charge in [-0.05, 0) is 38.5 Å². The van der Waals surface area contributed by atoms with Crippen LogP contribution in [0.5, 0.6) is 0 Å². The number of aromatic nitrogens is 2. The van der Waals surface area contributed by atoms with Gasteiger partial charge in [-0.2, -0.15) is 5.10 Å². The van der Waals surface area contributed by atoms with Crippen molar-refractivity contribution in [2.75, 3.05) is 0 Å². The van der Waals surface area contributed by atoms with Crippen molar-refractivity contribution in [2.45, 2.75) is 46.0 Å². The molecule has 0 unspecified atom stereocenters. The second kappa shape index (κ2) is 6.83. The lowest BCUT2D eigenvalue weighted by atomic mass is 10.1. The predicted molar refractivity (Wildman–Crippen MR) is 80.2 cm³/mol. The van der Waals surface area contributed by atoms with Crippen molar-refractivity contribution in [1.82, 2.24) is 15.1 Å². The largest absolute Gasteiger partial charge is 0.392 e. The molecule has 0 spiro atoms. The van der Waals surface area contributed by atoms with E-state index < -0.39 is 0 Å². The van der Waals surface area contributed by atoms with E-state index in [2.05, 4.69) is 31.2 Å². The molecule has 0 saturated heterocycles. The van der Waals surface area contributed by atoms with E-state index in [-0.39, 0.29) is 18.5 Å². The molecule has 0 amide bonds. The molecule has 114 valence electrons. The lowest BCUT2D eigenvalue weighted by Gasteiger charge is -2.13. The summed E-state index contributed by atoms with van der Waals surface area (Å²) in [5.74, 6) is -0.368. The molecule has 1 aromatic carbocycles. The van der Waals surface area contributed by atoms with Gasteiger partial charge in [0.25, 0.3) is 0 Å². The van der Waals surface area contributed by atoms with Gasteiger partial charge >= 0.3 is 0 Å². The molecule has 0 radical (unpaired) electrons. The second-order valence-electron chi connectivity index (χ2n) is 5.53. The summed E-state index contributed by atoms with van der Waals surface area (Å²) in [7, 11) is 0. The van der Waals surface area contributed by atoms with Crippen LogP contribution in [0, 0.1) is 5.82 Å². The SMILES string of the molecule is CC(C)n1cc([C@H](C)NCc2ccc(F)c(CO)c2)cn1. The third-order valence-electron chi connectivity index (χ3n) is 3.54. The molecule has 1 atom stereocenters. The van der Waals surface area contributed by atoms with Crippen LogP contribution in [0.15, 0.2) is 30.6 Å². The molecule has 2 N–H and O–H groups in total. The summed E-state index contributed by atoms with van der Waals surface area (Å²) < 4.78 is 15.2. The van der Waals surface area contributed by atoms with Crippen LogP contribution in [0.3, 0.4) is 0 Å². The highest BCUT2D eigenvalue weighted by molar-refractivity contribution is 5.24. The minimum atomic E-state index is -0.368. The van der Waals surface area contributed by atoms with E-state index in [1.807, 2.05) is 17.1 Å². The lowest BCUT2D eigenvalue weighted by molar-refractivity contribution is 0.275. The first kappa shape index (κ1) is 15.7. The minimum absolute atomic E-state index is 0.153. The molecular weight excluding hydrogens is 269 g/mol. The Morgan fingerprint density at radius 3 is 2.71 bits per heavy atom. The Balaban J connectivity index is 1.98. The van der Waals surface area contributed by atoms with Gasteiger partial charge in [0.15, 0.2) is 0 Å². The van der Waals surface area contributed by atoms with E-state index in [0.29, 0.717) is 18.2 Å². The molecule has 1 heterocycles. The highest BCUT2D eigenvalue weighted by Gasteiger charge is 2.10. The fraction of sp³-hybridized carbons (Fsp3) is 0.438. The normalized spacial score (nSPS) is 12.9. The van der Waals surface area contributed by atoms with Gasteiger partial charge in [-0.25, -0.2) is 4.39 Å². The first-order valence-electron chi connectivity index (χ1n) is 7.17. The first-order valence-corrected chi connectivity index (χ1v) is 7.17. The van der Waals surface area contributed by atoms with Gasteiger partial charge in [-0.1, -0.05) is 6.07 Å². The highest BCUT2D eigenvalue weighted by atomic mass is 19.1. The maximum absolute atomic E-state index is 13.3. The van der Waals surface area contributed by atoms with Crippen molar-refractivity contribution in [2.24, 2.45) is 0 Å². The van der Waals surface area contributed by atoms with Crippen LogP contribution in [0.2, 0.25) is 0 Å². The molecule has 4 nitrogen and oxygen atoms in total. The van der Waals surface area contributed by atoms with Gasteiger partial charge in [0.05, 0.1) is 12.8 Å². The monoisotopic (exact) mass is 291 g/mol. The number of aliphatic hydroxyl groups excluding tert-OH is 1. The van der Waals surface area contributed by atoms with Gasteiger partial charge < -0.3 is 10.4 Å². The average molecular weight is 291 g/mol. The maximum atomic E-state index is 13.3. The van der Waals surface area contributed by atoms with Crippen molar-refractivity contribution in [3.05, 3.63) is 53.1 Å². The molecule has 0 aliphatic heterocycles. The van der Waals surface area contributed by atoms with Gasteiger partial charge in [0.1, 0.15) is 5.82 Å². The fourth-order valence-corrected chi connectivity index (χ4v) is 2.11. The zero-order chi connectivity index (χ0) is 15.4.